The summed E-state index contributed by atoms with van der Waals surface area (Å²) < 4.78 is 0. The van der Waals surface area contributed by atoms with Gasteiger partial charge in [-0.25, -0.2) is 0 Å². The maximum absolute atomic E-state index is 2.70. The van der Waals surface area contributed by atoms with Crippen molar-refractivity contribution in [3.8, 4) is 0 Å². The monoisotopic (exact) mass is 568 g/mol. The summed E-state index contributed by atoms with van der Waals surface area (Å²) in [5.41, 5.74) is 8.42. The van der Waals surface area contributed by atoms with Crippen molar-refractivity contribution in [2.24, 2.45) is 5.92 Å². The standard InChI is InChI=1S/C37H36SSi2/c1-24(2)38-30-19-11-14-27(21-30)34-23-32-36(40-34)35-31(22-33(39-35)26-13-10-12-25(3)20-26)37(32,28-15-6-4-7-16-28)29-17-8-5-9-18-29/h4-10,12-13,15-18,20,22-24,27,30H,11,14,19,21H2,1-3H3. The smallest absolute Gasteiger partial charge is 0.122 e. The maximum atomic E-state index is 2.70. The lowest BCUT2D eigenvalue weighted by Gasteiger charge is -2.36. The molecule has 2 unspecified atom stereocenters. The average molecular weight is 569 g/mol. The van der Waals surface area contributed by atoms with Crippen LogP contribution in [0.15, 0.2) is 124 Å². The van der Waals surface area contributed by atoms with Gasteiger partial charge in [0.2, 0.25) is 0 Å². The summed E-state index contributed by atoms with van der Waals surface area (Å²) in [5.74, 6) is 0.733. The highest BCUT2D eigenvalue weighted by atomic mass is 32.2. The molecule has 0 bridgehead atoms. The Kier molecular flexibility index (Phi) is 7.02. The lowest BCUT2D eigenvalue weighted by atomic mass is 9.66. The van der Waals surface area contributed by atoms with Gasteiger partial charge >= 0.3 is 0 Å². The topological polar surface area (TPSA) is 0 Å². The fourth-order valence-corrected chi connectivity index (χ4v) is 12.2. The lowest BCUT2D eigenvalue weighted by Crippen LogP contribution is -2.29. The Morgan fingerprint density at radius 2 is 1.45 bits per heavy atom. The molecule has 3 heteroatoms. The first kappa shape index (κ1) is 26.3. The molecule has 40 heavy (non-hydrogen) atoms. The second-order valence-corrected chi connectivity index (χ2v) is 16.5. The summed E-state index contributed by atoms with van der Waals surface area (Å²) in [6, 6.07) is 31.9. The first-order valence-corrected chi connectivity index (χ1v) is 17.8. The number of allylic oxidation sites excluding steroid dienone is 7. The average Bonchev–Trinajstić information content (AvgIpc) is 3.65. The second-order valence-electron chi connectivity index (χ2n) is 12.0. The highest BCUT2D eigenvalue weighted by Crippen LogP contribution is 2.59. The number of thioether (sulfide) groups is 1. The van der Waals surface area contributed by atoms with Crippen LogP contribution >= 0.6 is 11.8 Å². The van der Waals surface area contributed by atoms with E-state index in [0.29, 0.717) is 5.25 Å². The van der Waals surface area contributed by atoms with E-state index in [4.69, 9.17) is 0 Å². The molecular formula is C37H36SSi2. The molecular weight excluding hydrogens is 533 g/mol. The van der Waals surface area contributed by atoms with E-state index >= 15 is 0 Å². The molecule has 0 amide bonds. The summed E-state index contributed by atoms with van der Waals surface area (Å²) >= 11 is 2.21. The Morgan fingerprint density at radius 1 is 0.775 bits per heavy atom. The zero-order valence-corrected chi connectivity index (χ0v) is 26.5. The van der Waals surface area contributed by atoms with E-state index in [0.717, 1.165) is 30.2 Å². The molecule has 3 aromatic carbocycles. The van der Waals surface area contributed by atoms with Crippen LogP contribution < -0.4 is 0 Å². The molecule has 7 rings (SSSR count). The molecule has 0 spiro atoms. The third kappa shape index (κ3) is 4.42. The van der Waals surface area contributed by atoms with E-state index in [9.17, 15) is 0 Å². The van der Waals surface area contributed by atoms with Crippen molar-refractivity contribution in [2.45, 2.75) is 62.4 Å². The van der Waals surface area contributed by atoms with Crippen LogP contribution in [-0.2, 0) is 5.41 Å². The number of hydrogen-bond donors (Lipinski definition) is 0. The van der Waals surface area contributed by atoms with E-state index in [1.807, 2.05) is 0 Å². The van der Waals surface area contributed by atoms with Crippen LogP contribution in [0.25, 0.3) is 5.20 Å². The molecule has 3 aromatic rings. The number of aryl methyl sites for hydroxylation is 1. The minimum atomic E-state index is -0.235. The molecule has 2 heterocycles. The molecule has 1 fully saturated rings. The third-order valence-corrected chi connectivity index (χ3v) is 13.7. The summed E-state index contributed by atoms with van der Waals surface area (Å²) in [7, 11) is 1.53. The van der Waals surface area contributed by atoms with Gasteiger partial charge < -0.3 is 0 Å². The molecule has 0 nitrogen and oxygen atoms in total. The van der Waals surface area contributed by atoms with Gasteiger partial charge in [0.05, 0.1) is 5.41 Å². The molecule has 4 aliphatic rings. The highest BCUT2D eigenvalue weighted by Gasteiger charge is 2.51. The van der Waals surface area contributed by atoms with Gasteiger partial charge in [-0.2, -0.15) is 11.8 Å². The van der Waals surface area contributed by atoms with Gasteiger partial charge in [-0.3, -0.25) is 0 Å². The van der Waals surface area contributed by atoms with Gasteiger partial charge in [-0.1, -0.05) is 144 Å². The molecule has 198 valence electrons. The molecule has 0 aromatic heterocycles. The third-order valence-electron chi connectivity index (χ3n) is 8.99. The van der Waals surface area contributed by atoms with Crippen LogP contribution in [0.4, 0.5) is 0 Å². The predicted molar refractivity (Wildman–Crippen MR) is 175 cm³/mol. The van der Waals surface area contributed by atoms with Gasteiger partial charge in [0, 0.05) is 5.25 Å². The number of fused-ring (bicyclic) bond motifs is 1. The summed E-state index contributed by atoms with van der Waals surface area (Å²) in [5, 5.41) is 8.05. The van der Waals surface area contributed by atoms with E-state index in [1.165, 1.54) is 58.7 Å². The fourth-order valence-electron chi connectivity index (χ4n) is 7.35. The highest BCUT2D eigenvalue weighted by molar-refractivity contribution is 8.00. The SMILES string of the molecule is Cc1cccc(C2=CC3=C([Si]2)C2=C(C=C(C4CCCC(SC(C)C)C4)[Si]2)C3(c2ccccc2)c2ccccc2)c1. The largest absolute Gasteiger partial charge is 0.156 e. The Balaban J connectivity index is 1.36. The summed E-state index contributed by atoms with van der Waals surface area (Å²) in [6.07, 6.45) is 10.8. The quantitative estimate of drug-likeness (QED) is 0.268. The van der Waals surface area contributed by atoms with Gasteiger partial charge in [0.1, 0.15) is 19.0 Å². The van der Waals surface area contributed by atoms with Gasteiger partial charge in [-0.05, 0) is 65.2 Å². The number of hydrogen-bond acceptors (Lipinski definition) is 1. The predicted octanol–water partition coefficient (Wildman–Crippen LogP) is 8.86. The molecule has 1 saturated carbocycles. The molecule has 2 aliphatic heterocycles. The van der Waals surface area contributed by atoms with Crippen LogP contribution in [-0.4, -0.2) is 29.5 Å². The Labute approximate surface area is 249 Å². The van der Waals surface area contributed by atoms with Gasteiger partial charge in [0.15, 0.2) is 0 Å². The van der Waals surface area contributed by atoms with Crippen molar-refractivity contribution < 1.29 is 0 Å². The normalized spacial score (nSPS) is 23.4. The Bertz CT molecular complexity index is 1520. The molecule has 0 N–H and O–H groups in total. The first-order valence-electron chi connectivity index (χ1n) is 14.8. The van der Waals surface area contributed by atoms with Crippen molar-refractivity contribution in [3.05, 3.63) is 146 Å². The zero-order chi connectivity index (χ0) is 27.3. The van der Waals surface area contributed by atoms with Crippen LogP contribution in [0.1, 0.15) is 61.8 Å². The number of benzene rings is 3. The molecule has 0 saturated heterocycles. The maximum Gasteiger partial charge on any atom is 0.122 e. The van der Waals surface area contributed by atoms with Crippen LogP contribution in [0.2, 0.25) is 0 Å². The van der Waals surface area contributed by atoms with Crippen molar-refractivity contribution in [3.63, 3.8) is 0 Å². The summed E-state index contributed by atoms with van der Waals surface area (Å²) in [4.78, 5) is 0. The van der Waals surface area contributed by atoms with Gasteiger partial charge in [-0.15, -0.1) is 0 Å². The number of rotatable bonds is 6. The minimum absolute atomic E-state index is 0.235. The first-order chi connectivity index (χ1) is 19.5. The van der Waals surface area contributed by atoms with Gasteiger partial charge in [0.25, 0.3) is 0 Å². The Hall–Kier alpha value is -2.60. The lowest BCUT2D eigenvalue weighted by molar-refractivity contribution is 0.422. The van der Waals surface area contributed by atoms with Crippen molar-refractivity contribution in [1.82, 2.24) is 0 Å². The zero-order valence-electron chi connectivity index (χ0n) is 23.7. The minimum Gasteiger partial charge on any atom is -0.156 e. The van der Waals surface area contributed by atoms with Crippen molar-refractivity contribution in [1.29, 1.82) is 0 Å². The van der Waals surface area contributed by atoms with Crippen LogP contribution in [0.3, 0.4) is 0 Å². The van der Waals surface area contributed by atoms with Crippen LogP contribution in [0, 0.1) is 12.8 Å². The summed E-state index contributed by atoms with van der Waals surface area (Å²) in [6.45, 7) is 6.94. The van der Waals surface area contributed by atoms with E-state index in [-0.39, 0.29) is 5.41 Å². The Morgan fingerprint density at radius 3 is 2.12 bits per heavy atom. The fraction of sp³-hybridized carbons (Fsp3) is 0.297. The molecule has 2 aliphatic carbocycles. The van der Waals surface area contributed by atoms with Crippen molar-refractivity contribution in [2.75, 3.05) is 0 Å². The van der Waals surface area contributed by atoms with E-state index in [2.05, 4.69) is 130 Å². The van der Waals surface area contributed by atoms with Crippen molar-refractivity contribution >= 4 is 36.0 Å². The van der Waals surface area contributed by atoms with E-state index in [1.54, 1.807) is 21.2 Å². The molecule has 4 radical (unpaired) electrons. The van der Waals surface area contributed by atoms with E-state index < -0.39 is 0 Å². The second kappa shape index (κ2) is 10.7. The van der Waals surface area contributed by atoms with Crippen LogP contribution in [0.5, 0.6) is 0 Å². The molecule has 2 atom stereocenters.